The second-order valence-corrected chi connectivity index (χ2v) is 6.60. The summed E-state index contributed by atoms with van der Waals surface area (Å²) in [5.74, 6) is 0. The molecule has 0 aromatic heterocycles. The zero-order valence-corrected chi connectivity index (χ0v) is 11.8. The molecule has 0 aromatic carbocycles. The summed E-state index contributed by atoms with van der Waals surface area (Å²) >= 11 is 3.86. The molecule has 0 aliphatic carbocycles. The molecule has 0 bridgehead atoms. The molecule has 0 amide bonds. The standard InChI is InChI=1S/C13H27Br/c1-4-6-8-10-12-13(3,14)11-9-7-5-2/h4-12H2,1-3H3. The summed E-state index contributed by atoms with van der Waals surface area (Å²) in [6, 6.07) is 0. The second-order valence-electron chi connectivity index (χ2n) is 4.68. The SMILES string of the molecule is CCCCCCC(C)(Br)CCCCC. The van der Waals surface area contributed by atoms with Crippen molar-refractivity contribution >= 4 is 15.9 Å². The Bertz CT molecular complexity index is 118. The van der Waals surface area contributed by atoms with Crippen LogP contribution < -0.4 is 0 Å². The maximum Gasteiger partial charge on any atom is 0.0229 e. The minimum absolute atomic E-state index is 0.413. The molecule has 0 aliphatic heterocycles. The summed E-state index contributed by atoms with van der Waals surface area (Å²) < 4.78 is 0.413. The summed E-state index contributed by atoms with van der Waals surface area (Å²) in [5, 5.41) is 0. The minimum atomic E-state index is 0.413. The maximum atomic E-state index is 3.86. The first-order chi connectivity index (χ1) is 6.62. The van der Waals surface area contributed by atoms with E-state index in [0.717, 1.165) is 0 Å². The topological polar surface area (TPSA) is 0 Å². The minimum Gasteiger partial charge on any atom is -0.0856 e. The normalized spacial score (nSPS) is 15.4. The van der Waals surface area contributed by atoms with Crippen LogP contribution in [0.25, 0.3) is 0 Å². The van der Waals surface area contributed by atoms with E-state index in [1.54, 1.807) is 0 Å². The van der Waals surface area contributed by atoms with Crippen LogP contribution in [0.5, 0.6) is 0 Å². The van der Waals surface area contributed by atoms with Gasteiger partial charge in [-0.25, -0.2) is 0 Å². The van der Waals surface area contributed by atoms with Gasteiger partial charge in [-0.1, -0.05) is 74.7 Å². The van der Waals surface area contributed by atoms with Gasteiger partial charge in [-0.05, 0) is 19.8 Å². The highest BCUT2D eigenvalue weighted by Gasteiger charge is 2.18. The van der Waals surface area contributed by atoms with Crippen LogP contribution in [0, 0.1) is 0 Å². The van der Waals surface area contributed by atoms with Crippen molar-refractivity contribution in [3.8, 4) is 0 Å². The zero-order valence-electron chi connectivity index (χ0n) is 10.2. The average Bonchev–Trinajstić information content (AvgIpc) is 2.13. The molecule has 1 atom stereocenters. The van der Waals surface area contributed by atoms with Crippen LogP contribution in [0.2, 0.25) is 0 Å². The zero-order chi connectivity index (χ0) is 10.9. The number of halogens is 1. The van der Waals surface area contributed by atoms with Gasteiger partial charge in [0.15, 0.2) is 0 Å². The Morgan fingerprint density at radius 2 is 1.21 bits per heavy atom. The van der Waals surface area contributed by atoms with E-state index in [1.807, 2.05) is 0 Å². The lowest BCUT2D eigenvalue weighted by atomic mass is 9.96. The highest BCUT2D eigenvalue weighted by Crippen LogP contribution is 2.30. The van der Waals surface area contributed by atoms with Crippen molar-refractivity contribution in [2.24, 2.45) is 0 Å². The van der Waals surface area contributed by atoms with Crippen LogP contribution in [-0.4, -0.2) is 4.32 Å². The predicted molar refractivity (Wildman–Crippen MR) is 70.2 cm³/mol. The molecule has 1 heteroatoms. The lowest BCUT2D eigenvalue weighted by molar-refractivity contribution is 0.486. The largest absolute Gasteiger partial charge is 0.0856 e. The second kappa shape index (κ2) is 8.76. The number of rotatable bonds is 9. The van der Waals surface area contributed by atoms with Gasteiger partial charge in [0.05, 0.1) is 0 Å². The predicted octanol–water partition coefficient (Wildman–Crippen LogP) is 5.69. The van der Waals surface area contributed by atoms with Gasteiger partial charge in [-0.2, -0.15) is 0 Å². The Morgan fingerprint density at radius 1 is 0.786 bits per heavy atom. The molecule has 0 saturated carbocycles. The highest BCUT2D eigenvalue weighted by atomic mass is 79.9. The molecule has 0 rings (SSSR count). The lowest BCUT2D eigenvalue weighted by Gasteiger charge is -2.22. The van der Waals surface area contributed by atoms with E-state index in [-0.39, 0.29) is 0 Å². The number of alkyl halides is 1. The number of hydrogen-bond donors (Lipinski definition) is 0. The molecule has 0 N–H and O–H groups in total. The molecule has 0 fully saturated rings. The first-order valence-corrected chi connectivity index (χ1v) is 7.10. The Kier molecular flexibility index (Phi) is 9.06. The number of hydrogen-bond acceptors (Lipinski definition) is 0. The average molecular weight is 263 g/mol. The molecule has 0 aromatic rings. The van der Waals surface area contributed by atoms with Gasteiger partial charge >= 0.3 is 0 Å². The van der Waals surface area contributed by atoms with E-state index in [1.165, 1.54) is 57.8 Å². The smallest absolute Gasteiger partial charge is 0.0229 e. The third kappa shape index (κ3) is 9.05. The monoisotopic (exact) mass is 262 g/mol. The van der Waals surface area contributed by atoms with Crippen molar-refractivity contribution in [1.29, 1.82) is 0 Å². The molecule has 0 heterocycles. The van der Waals surface area contributed by atoms with Gasteiger partial charge in [0.2, 0.25) is 0 Å². The van der Waals surface area contributed by atoms with Crippen LogP contribution in [0.1, 0.15) is 78.6 Å². The Labute approximate surface area is 99.0 Å². The van der Waals surface area contributed by atoms with Crippen molar-refractivity contribution in [1.82, 2.24) is 0 Å². The molecule has 14 heavy (non-hydrogen) atoms. The van der Waals surface area contributed by atoms with E-state index in [4.69, 9.17) is 0 Å². The van der Waals surface area contributed by atoms with E-state index in [9.17, 15) is 0 Å². The van der Waals surface area contributed by atoms with Gasteiger partial charge in [0.25, 0.3) is 0 Å². The maximum absolute atomic E-state index is 3.86. The van der Waals surface area contributed by atoms with Crippen LogP contribution in [0.15, 0.2) is 0 Å². The van der Waals surface area contributed by atoms with Crippen LogP contribution >= 0.6 is 15.9 Å². The third-order valence-corrected chi connectivity index (χ3v) is 3.65. The van der Waals surface area contributed by atoms with Gasteiger partial charge in [-0.3, -0.25) is 0 Å². The van der Waals surface area contributed by atoms with Crippen molar-refractivity contribution in [3.63, 3.8) is 0 Å². The van der Waals surface area contributed by atoms with Crippen molar-refractivity contribution in [2.75, 3.05) is 0 Å². The van der Waals surface area contributed by atoms with Crippen molar-refractivity contribution in [2.45, 2.75) is 82.9 Å². The van der Waals surface area contributed by atoms with Crippen LogP contribution in [-0.2, 0) is 0 Å². The van der Waals surface area contributed by atoms with E-state index in [0.29, 0.717) is 4.32 Å². The summed E-state index contributed by atoms with van der Waals surface area (Å²) in [4.78, 5) is 0. The molecule has 0 spiro atoms. The summed E-state index contributed by atoms with van der Waals surface area (Å²) in [6.07, 6.45) is 12.3. The summed E-state index contributed by atoms with van der Waals surface area (Å²) in [7, 11) is 0. The molecular formula is C13H27Br. The van der Waals surface area contributed by atoms with Crippen LogP contribution in [0.3, 0.4) is 0 Å². The van der Waals surface area contributed by atoms with Gasteiger partial charge in [-0.15, -0.1) is 0 Å². The van der Waals surface area contributed by atoms with Crippen LogP contribution in [0.4, 0.5) is 0 Å². The first kappa shape index (κ1) is 14.5. The Morgan fingerprint density at radius 3 is 1.71 bits per heavy atom. The Hall–Kier alpha value is 0.480. The molecule has 86 valence electrons. The van der Waals surface area contributed by atoms with Gasteiger partial charge in [0, 0.05) is 4.32 Å². The first-order valence-electron chi connectivity index (χ1n) is 6.31. The summed E-state index contributed by atoms with van der Waals surface area (Å²) in [5.41, 5.74) is 0. The van der Waals surface area contributed by atoms with E-state index in [2.05, 4.69) is 36.7 Å². The number of unbranched alkanes of at least 4 members (excludes halogenated alkanes) is 5. The van der Waals surface area contributed by atoms with Gasteiger partial charge < -0.3 is 0 Å². The molecule has 0 saturated heterocycles. The fourth-order valence-corrected chi connectivity index (χ4v) is 2.35. The Balaban J connectivity index is 3.40. The molecule has 0 aliphatic rings. The molecule has 0 nitrogen and oxygen atoms in total. The lowest BCUT2D eigenvalue weighted by Crippen LogP contribution is -2.15. The molecular weight excluding hydrogens is 236 g/mol. The van der Waals surface area contributed by atoms with Crippen molar-refractivity contribution in [3.05, 3.63) is 0 Å². The fourth-order valence-electron chi connectivity index (χ4n) is 1.79. The van der Waals surface area contributed by atoms with E-state index < -0.39 is 0 Å². The van der Waals surface area contributed by atoms with E-state index >= 15 is 0 Å². The molecule has 1 unspecified atom stereocenters. The molecule has 0 radical (unpaired) electrons. The quantitative estimate of drug-likeness (QED) is 0.370. The third-order valence-electron chi connectivity index (χ3n) is 2.85. The van der Waals surface area contributed by atoms with Crippen molar-refractivity contribution < 1.29 is 0 Å². The highest BCUT2D eigenvalue weighted by molar-refractivity contribution is 9.10. The van der Waals surface area contributed by atoms with Gasteiger partial charge in [0.1, 0.15) is 0 Å². The summed E-state index contributed by atoms with van der Waals surface area (Å²) in [6.45, 7) is 6.90. The fraction of sp³-hybridized carbons (Fsp3) is 1.00.